The minimum absolute atomic E-state index is 0.143. The van der Waals surface area contributed by atoms with Gasteiger partial charge in [-0.25, -0.2) is 4.79 Å². The first-order valence-electron chi connectivity index (χ1n) is 7.54. The van der Waals surface area contributed by atoms with E-state index in [9.17, 15) is 9.90 Å². The number of esters is 1. The zero-order valence-corrected chi connectivity index (χ0v) is 13.5. The van der Waals surface area contributed by atoms with Crippen LogP contribution in [0.3, 0.4) is 0 Å². The second kappa shape index (κ2) is 6.84. The van der Waals surface area contributed by atoms with E-state index in [1.54, 1.807) is 6.07 Å². The average molecular weight is 333 g/mol. The lowest BCUT2D eigenvalue weighted by molar-refractivity contribution is -0.0691. The Morgan fingerprint density at radius 1 is 1.25 bits per heavy atom. The van der Waals surface area contributed by atoms with Gasteiger partial charge in [0.05, 0.1) is 26.3 Å². The molecule has 1 aromatic carbocycles. The molecular weight excluding hydrogens is 314 g/mol. The van der Waals surface area contributed by atoms with Crippen molar-refractivity contribution in [2.24, 2.45) is 0 Å². The Kier molecular flexibility index (Phi) is 4.61. The minimum atomic E-state index is -1.19. The van der Waals surface area contributed by atoms with Crippen LogP contribution in [0.1, 0.15) is 15.9 Å². The van der Waals surface area contributed by atoms with Crippen LogP contribution in [-0.2, 0) is 17.7 Å². The molecule has 1 atom stereocenters. The molecule has 7 heteroatoms. The van der Waals surface area contributed by atoms with Crippen molar-refractivity contribution in [3.8, 4) is 17.2 Å². The summed E-state index contributed by atoms with van der Waals surface area (Å²) in [5, 5.41) is 9.65. The molecule has 7 nitrogen and oxygen atoms in total. The Hall–Kier alpha value is -2.67. The fourth-order valence-electron chi connectivity index (χ4n) is 2.74. The molecule has 0 fully saturated rings. The number of hydrogen-bond donors (Lipinski definition) is 1. The van der Waals surface area contributed by atoms with E-state index in [0.717, 1.165) is 0 Å². The van der Waals surface area contributed by atoms with Crippen molar-refractivity contribution >= 4 is 5.97 Å². The monoisotopic (exact) mass is 333 g/mol. The number of carbonyl (C=O) groups excluding carboxylic acids is 1. The first-order valence-corrected chi connectivity index (χ1v) is 7.54. The summed E-state index contributed by atoms with van der Waals surface area (Å²) >= 11 is 0. The van der Waals surface area contributed by atoms with Gasteiger partial charge in [-0.1, -0.05) is 0 Å². The second-order valence-corrected chi connectivity index (χ2v) is 5.30. The molecule has 1 aromatic heterocycles. The molecular formula is C17H19NO6. The van der Waals surface area contributed by atoms with Gasteiger partial charge in [0.2, 0.25) is 12.0 Å². The first kappa shape index (κ1) is 16.2. The number of benzene rings is 1. The van der Waals surface area contributed by atoms with E-state index >= 15 is 0 Å². The maximum absolute atomic E-state index is 12.0. The largest absolute Gasteiger partial charge is 0.492 e. The Labute approximate surface area is 139 Å². The highest BCUT2D eigenvalue weighted by molar-refractivity contribution is 5.94. The van der Waals surface area contributed by atoms with E-state index in [1.165, 1.54) is 14.2 Å². The zero-order valence-electron chi connectivity index (χ0n) is 13.5. The highest BCUT2D eigenvalue weighted by atomic mass is 16.6. The molecule has 0 spiro atoms. The summed E-state index contributed by atoms with van der Waals surface area (Å²) < 4.78 is 23.4. The third-order valence-corrected chi connectivity index (χ3v) is 3.83. The van der Waals surface area contributed by atoms with E-state index in [-0.39, 0.29) is 6.42 Å². The van der Waals surface area contributed by atoms with E-state index < -0.39 is 12.3 Å². The van der Waals surface area contributed by atoms with Crippen LogP contribution >= 0.6 is 0 Å². The van der Waals surface area contributed by atoms with Gasteiger partial charge in [0.15, 0.2) is 11.5 Å². The van der Waals surface area contributed by atoms with Crippen molar-refractivity contribution in [2.75, 3.05) is 20.8 Å². The lowest BCUT2D eigenvalue weighted by atomic mass is 9.99. The summed E-state index contributed by atoms with van der Waals surface area (Å²) in [7, 11) is 2.98. The van der Waals surface area contributed by atoms with Crippen LogP contribution in [0.15, 0.2) is 30.6 Å². The SMILES string of the molecule is COc1c(OCCn2cccc2)cc2c(c1OC)CC(O)OC2=O. The number of hydrogen-bond acceptors (Lipinski definition) is 6. The van der Waals surface area contributed by atoms with Crippen LogP contribution in [-0.4, -0.2) is 42.8 Å². The Balaban J connectivity index is 1.90. The summed E-state index contributed by atoms with van der Waals surface area (Å²) in [6, 6.07) is 5.44. The summed E-state index contributed by atoms with van der Waals surface area (Å²) in [6.45, 7) is 1.05. The topological polar surface area (TPSA) is 79.2 Å². The molecule has 0 saturated heterocycles. The van der Waals surface area contributed by atoms with Gasteiger partial charge >= 0.3 is 5.97 Å². The number of aliphatic hydroxyl groups is 1. The molecule has 0 saturated carbocycles. The Morgan fingerprint density at radius 3 is 2.62 bits per heavy atom. The van der Waals surface area contributed by atoms with Gasteiger partial charge in [-0.3, -0.25) is 0 Å². The second-order valence-electron chi connectivity index (χ2n) is 5.30. The standard InChI is InChI=1S/C17H19NO6/c1-21-15-11-10-14(19)24-17(20)12(11)9-13(16(15)22-2)23-8-7-18-5-3-4-6-18/h3-6,9,14,19H,7-8,10H2,1-2H3. The first-order chi connectivity index (χ1) is 11.6. The number of aliphatic hydroxyl groups excluding tert-OH is 1. The van der Waals surface area contributed by atoms with Crippen molar-refractivity contribution in [3.63, 3.8) is 0 Å². The van der Waals surface area contributed by atoms with E-state index in [2.05, 4.69) is 0 Å². The van der Waals surface area contributed by atoms with Gasteiger partial charge in [-0.15, -0.1) is 0 Å². The van der Waals surface area contributed by atoms with E-state index in [4.69, 9.17) is 18.9 Å². The van der Waals surface area contributed by atoms with Gasteiger partial charge in [0, 0.05) is 24.4 Å². The fraction of sp³-hybridized carbons (Fsp3) is 0.353. The molecule has 24 heavy (non-hydrogen) atoms. The van der Waals surface area contributed by atoms with Crippen LogP contribution in [0, 0.1) is 0 Å². The maximum atomic E-state index is 12.0. The Bertz CT molecular complexity index is 725. The molecule has 0 aliphatic carbocycles. The fourth-order valence-corrected chi connectivity index (χ4v) is 2.74. The van der Waals surface area contributed by atoms with Gasteiger partial charge in [-0.2, -0.15) is 0 Å². The van der Waals surface area contributed by atoms with Crippen LogP contribution in [0.5, 0.6) is 17.2 Å². The van der Waals surface area contributed by atoms with Gasteiger partial charge in [0.25, 0.3) is 0 Å². The van der Waals surface area contributed by atoms with Crippen LogP contribution < -0.4 is 14.2 Å². The van der Waals surface area contributed by atoms with Crippen molar-refractivity contribution in [1.82, 2.24) is 4.57 Å². The van der Waals surface area contributed by atoms with Crippen LogP contribution in [0.4, 0.5) is 0 Å². The van der Waals surface area contributed by atoms with Crippen LogP contribution in [0.25, 0.3) is 0 Å². The van der Waals surface area contributed by atoms with Gasteiger partial charge < -0.3 is 28.6 Å². The quantitative estimate of drug-likeness (QED) is 0.809. The minimum Gasteiger partial charge on any atom is -0.492 e. The molecule has 3 rings (SSSR count). The highest BCUT2D eigenvalue weighted by Gasteiger charge is 2.32. The van der Waals surface area contributed by atoms with Crippen molar-refractivity contribution in [2.45, 2.75) is 19.3 Å². The molecule has 0 radical (unpaired) electrons. The molecule has 0 bridgehead atoms. The zero-order chi connectivity index (χ0) is 17.1. The van der Waals surface area contributed by atoms with E-state index in [0.29, 0.717) is 41.5 Å². The molecule has 1 aliphatic heterocycles. The normalized spacial score (nSPS) is 16.3. The molecule has 2 aromatic rings. The molecule has 2 heterocycles. The lowest BCUT2D eigenvalue weighted by Gasteiger charge is -2.25. The lowest BCUT2D eigenvalue weighted by Crippen LogP contribution is -2.28. The van der Waals surface area contributed by atoms with Gasteiger partial charge in [-0.05, 0) is 18.2 Å². The summed E-state index contributed by atoms with van der Waals surface area (Å²) in [5.41, 5.74) is 0.866. The van der Waals surface area contributed by atoms with E-state index in [1.807, 2.05) is 29.1 Å². The summed E-state index contributed by atoms with van der Waals surface area (Å²) in [4.78, 5) is 12.0. The third-order valence-electron chi connectivity index (χ3n) is 3.83. The van der Waals surface area contributed by atoms with Crippen molar-refractivity contribution in [3.05, 3.63) is 41.7 Å². The summed E-state index contributed by atoms with van der Waals surface area (Å²) in [5.74, 6) is 0.556. The third kappa shape index (κ3) is 3.03. The van der Waals surface area contributed by atoms with Gasteiger partial charge in [0.1, 0.15) is 6.61 Å². The smallest absolute Gasteiger partial charge is 0.341 e. The van der Waals surface area contributed by atoms with Crippen molar-refractivity contribution in [1.29, 1.82) is 0 Å². The number of cyclic esters (lactones) is 1. The predicted molar refractivity (Wildman–Crippen MR) is 84.6 cm³/mol. The highest BCUT2D eigenvalue weighted by Crippen LogP contribution is 2.44. The number of nitrogens with zero attached hydrogens (tertiary/aromatic N) is 1. The van der Waals surface area contributed by atoms with Crippen molar-refractivity contribution < 1.29 is 28.8 Å². The molecule has 1 N–H and O–H groups in total. The maximum Gasteiger partial charge on any atom is 0.341 e. The number of fused-ring (bicyclic) bond motifs is 1. The average Bonchev–Trinajstić information content (AvgIpc) is 3.07. The number of rotatable bonds is 6. The number of carbonyl (C=O) groups is 1. The molecule has 1 aliphatic rings. The molecule has 128 valence electrons. The molecule has 0 amide bonds. The number of ether oxygens (including phenoxy) is 4. The number of aromatic nitrogens is 1. The van der Waals surface area contributed by atoms with Crippen LogP contribution in [0.2, 0.25) is 0 Å². The molecule has 1 unspecified atom stereocenters. The Morgan fingerprint density at radius 2 is 1.96 bits per heavy atom. The predicted octanol–water partition coefficient (Wildman–Crippen LogP) is 1.62. The number of methoxy groups -OCH3 is 2. The summed E-state index contributed by atoms with van der Waals surface area (Å²) in [6.07, 6.45) is 2.83.